The van der Waals surface area contributed by atoms with Crippen LogP contribution in [0.5, 0.6) is 0 Å². The van der Waals surface area contributed by atoms with E-state index in [2.05, 4.69) is 10.6 Å². The number of amides is 1. The summed E-state index contributed by atoms with van der Waals surface area (Å²) >= 11 is 0. The molecule has 12 heteroatoms. The minimum absolute atomic E-state index is 0.161. The number of carboxylic acid groups (broad SMARTS) is 1. The number of Topliss-reactive ketones (excluding diaryl/α,β-unsaturated/α-hetero) is 1. The topological polar surface area (TPSA) is 185 Å². The highest BCUT2D eigenvalue weighted by Crippen LogP contribution is 2.19. The van der Waals surface area contributed by atoms with Crippen LogP contribution >= 0.6 is 0 Å². The average molecular weight is 484 g/mol. The second kappa shape index (κ2) is 12.8. The summed E-state index contributed by atoms with van der Waals surface area (Å²) in [4.78, 5) is 35.9. The molecule has 1 heterocycles. The summed E-state index contributed by atoms with van der Waals surface area (Å²) in [5.41, 5.74) is 5.81. The molecule has 1 amide bonds. The molecule has 11 nitrogen and oxygen atoms in total. The van der Waals surface area contributed by atoms with Gasteiger partial charge in [-0.15, -0.1) is 4.41 Å². The standard InChI is InChI=1S/C21H33N5O6S/c22-17(14-25-20(28)8-4-5-15-9-11-24-12-10-15)19(27)13-18(21(29)30)26(23)33(31,32)16-6-2-1-3-7-16/h1-3,6-7,15,17-18,24H,4-5,8-14,22-23H2,(H,25,28)(H,29,30)/t17?,18-/m0/s1. The molecule has 1 fully saturated rings. The van der Waals surface area contributed by atoms with E-state index < -0.39 is 40.3 Å². The van der Waals surface area contributed by atoms with E-state index in [4.69, 9.17) is 11.6 Å². The molecule has 0 saturated carbocycles. The first-order valence-corrected chi connectivity index (χ1v) is 12.4. The number of carbonyl (C=O) groups is 3. The van der Waals surface area contributed by atoms with Crippen molar-refractivity contribution in [2.24, 2.45) is 17.5 Å². The SMILES string of the molecule is NC(CNC(=O)CCCC1CCNCC1)C(=O)C[C@@H](C(=O)O)N(N)S(=O)(=O)c1ccccc1. The lowest BCUT2D eigenvalue weighted by molar-refractivity contribution is -0.143. The Morgan fingerprint density at radius 2 is 1.82 bits per heavy atom. The summed E-state index contributed by atoms with van der Waals surface area (Å²) in [6.07, 6.45) is 3.48. The Kier molecular flexibility index (Phi) is 10.4. The van der Waals surface area contributed by atoms with Gasteiger partial charge in [0, 0.05) is 19.4 Å². The van der Waals surface area contributed by atoms with Gasteiger partial charge >= 0.3 is 5.97 Å². The van der Waals surface area contributed by atoms with Crippen LogP contribution in [0.2, 0.25) is 0 Å². The van der Waals surface area contributed by atoms with Crippen LogP contribution in [0.1, 0.15) is 38.5 Å². The number of carbonyl (C=O) groups excluding carboxylic acids is 2. The van der Waals surface area contributed by atoms with Gasteiger partial charge in [-0.25, -0.2) is 8.42 Å². The van der Waals surface area contributed by atoms with Crippen LogP contribution in [0.25, 0.3) is 0 Å². The van der Waals surface area contributed by atoms with Crippen molar-refractivity contribution >= 4 is 27.7 Å². The highest BCUT2D eigenvalue weighted by atomic mass is 32.2. The van der Waals surface area contributed by atoms with E-state index in [-0.39, 0.29) is 21.8 Å². The van der Waals surface area contributed by atoms with E-state index in [1.165, 1.54) is 24.3 Å². The predicted octanol–water partition coefficient (Wildman–Crippen LogP) is -0.423. The van der Waals surface area contributed by atoms with Gasteiger partial charge in [0.15, 0.2) is 5.78 Å². The number of nitrogens with two attached hydrogens (primary N) is 2. The summed E-state index contributed by atoms with van der Waals surface area (Å²) in [5.74, 6) is 3.68. The zero-order valence-electron chi connectivity index (χ0n) is 18.5. The fourth-order valence-corrected chi connectivity index (χ4v) is 4.90. The monoisotopic (exact) mass is 483 g/mol. The third-order valence-electron chi connectivity index (χ3n) is 5.71. The number of carboxylic acids is 1. The van der Waals surface area contributed by atoms with Gasteiger partial charge in [0.1, 0.15) is 6.04 Å². The summed E-state index contributed by atoms with van der Waals surface area (Å²) in [5, 5.41) is 15.3. The molecule has 1 aliphatic rings. The van der Waals surface area contributed by atoms with Crippen LogP contribution in [0.15, 0.2) is 35.2 Å². The van der Waals surface area contributed by atoms with Crippen LogP contribution in [0.3, 0.4) is 0 Å². The number of nitrogens with one attached hydrogen (secondary N) is 2. The summed E-state index contributed by atoms with van der Waals surface area (Å²) < 4.78 is 25.3. The van der Waals surface area contributed by atoms with Crippen molar-refractivity contribution in [3.63, 3.8) is 0 Å². The van der Waals surface area contributed by atoms with Gasteiger partial charge in [0.25, 0.3) is 10.0 Å². The molecule has 33 heavy (non-hydrogen) atoms. The van der Waals surface area contributed by atoms with Crippen LogP contribution in [0.4, 0.5) is 0 Å². The molecule has 0 spiro atoms. The van der Waals surface area contributed by atoms with Crippen molar-refractivity contribution in [1.29, 1.82) is 0 Å². The van der Waals surface area contributed by atoms with Gasteiger partial charge < -0.3 is 21.5 Å². The van der Waals surface area contributed by atoms with E-state index in [0.29, 0.717) is 12.3 Å². The Balaban J connectivity index is 1.83. The fourth-order valence-electron chi connectivity index (χ4n) is 3.66. The molecular formula is C21H33N5O6S. The van der Waals surface area contributed by atoms with Gasteiger partial charge in [-0.05, 0) is 56.8 Å². The third kappa shape index (κ3) is 8.16. The first kappa shape index (κ1) is 26.9. The number of sulfonamides is 1. The molecular weight excluding hydrogens is 450 g/mol. The maximum Gasteiger partial charge on any atom is 0.324 e. The second-order valence-corrected chi connectivity index (χ2v) is 10.0. The first-order chi connectivity index (χ1) is 15.6. The van der Waals surface area contributed by atoms with Crippen molar-refractivity contribution in [1.82, 2.24) is 15.0 Å². The normalized spacial score (nSPS) is 16.8. The zero-order chi connectivity index (χ0) is 24.4. The van der Waals surface area contributed by atoms with Gasteiger partial charge in [-0.2, -0.15) is 0 Å². The molecule has 1 aromatic carbocycles. The minimum atomic E-state index is -4.34. The lowest BCUT2D eigenvalue weighted by Crippen LogP contribution is -2.52. The van der Waals surface area contributed by atoms with Crippen molar-refractivity contribution in [2.75, 3.05) is 19.6 Å². The number of aliphatic carboxylic acids is 1. The molecule has 184 valence electrons. The first-order valence-electron chi connectivity index (χ1n) is 11.0. The lowest BCUT2D eigenvalue weighted by atomic mass is 9.92. The second-order valence-electron chi connectivity index (χ2n) is 8.17. The van der Waals surface area contributed by atoms with E-state index in [1.807, 2.05) is 0 Å². The molecule has 1 aliphatic heterocycles. The van der Waals surface area contributed by atoms with Crippen LogP contribution in [-0.2, 0) is 24.4 Å². The highest BCUT2D eigenvalue weighted by Gasteiger charge is 2.36. The molecule has 0 aromatic heterocycles. The van der Waals surface area contributed by atoms with Gasteiger partial charge in [0.2, 0.25) is 5.91 Å². The van der Waals surface area contributed by atoms with Crippen molar-refractivity contribution < 1.29 is 27.9 Å². The smallest absolute Gasteiger partial charge is 0.324 e. The Labute approximate surface area is 193 Å². The number of ketones is 1. The maximum atomic E-state index is 12.6. The molecule has 0 bridgehead atoms. The largest absolute Gasteiger partial charge is 0.480 e. The number of hydrogen-bond acceptors (Lipinski definition) is 8. The molecule has 0 radical (unpaired) electrons. The minimum Gasteiger partial charge on any atom is -0.480 e. The zero-order valence-corrected chi connectivity index (χ0v) is 19.3. The summed E-state index contributed by atoms with van der Waals surface area (Å²) in [7, 11) is -4.34. The van der Waals surface area contributed by atoms with Crippen LogP contribution in [0, 0.1) is 5.92 Å². The molecule has 2 atom stereocenters. The Morgan fingerprint density at radius 1 is 1.18 bits per heavy atom. The van der Waals surface area contributed by atoms with Gasteiger partial charge in [-0.3, -0.25) is 20.2 Å². The molecule has 2 rings (SSSR count). The van der Waals surface area contributed by atoms with E-state index in [1.54, 1.807) is 6.07 Å². The van der Waals surface area contributed by atoms with Gasteiger partial charge in [0.05, 0.1) is 10.9 Å². The van der Waals surface area contributed by atoms with Crippen LogP contribution < -0.4 is 22.2 Å². The molecule has 7 N–H and O–H groups in total. The third-order valence-corrected chi connectivity index (χ3v) is 7.39. The number of hydrogen-bond donors (Lipinski definition) is 5. The molecule has 1 unspecified atom stereocenters. The lowest BCUT2D eigenvalue weighted by Gasteiger charge is -2.24. The predicted molar refractivity (Wildman–Crippen MR) is 121 cm³/mol. The number of rotatable bonds is 13. The molecule has 0 aliphatic carbocycles. The maximum absolute atomic E-state index is 12.6. The Hall–Kier alpha value is -2.38. The summed E-state index contributed by atoms with van der Waals surface area (Å²) in [6, 6.07) is 4.03. The number of hydrazine groups is 1. The highest BCUT2D eigenvalue weighted by molar-refractivity contribution is 7.89. The molecule has 1 aromatic rings. The number of piperidine rings is 1. The van der Waals surface area contributed by atoms with E-state index >= 15 is 0 Å². The number of nitrogens with zero attached hydrogens (tertiary/aromatic N) is 1. The Morgan fingerprint density at radius 3 is 2.42 bits per heavy atom. The van der Waals surface area contributed by atoms with Crippen molar-refractivity contribution in [3.05, 3.63) is 30.3 Å². The van der Waals surface area contributed by atoms with Crippen molar-refractivity contribution in [2.45, 2.75) is 55.5 Å². The quantitative estimate of drug-likeness (QED) is 0.183. The number of benzene rings is 1. The summed E-state index contributed by atoms with van der Waals surface area (Å²) in [6.45, 7) is 1.82. The van der Waals surface area contributed by atoms with E-state index in [9.17, 15) is 27.9 Å². The van der Waals surface area contributed by atoms with Crippen LogP contribution in [-0.4, -0.2) is 67.3 Å². The van der Waals surface area contributed by atoms with Gasteiger partial charge in [-0.1, -0.05) is 18.2 Å². The van der Waals surface area contributed by atoms with Crippen molar-refractivity contribution in [3.8, 4) is 0 Å². The Bertz CT molecular complexity index is 905. The molecule has 1 saturated heterocycles. The van der Waals surface area contributed by atoms with E-state index in [0.717, 1.165) is 38.8 Å². The average Bonchev–Trinajstić information content (AvgIpc) is 2.81. The fraction of sp³-hybridized carbons (Fsp3) is 0.571.